The van der Waals surface area contributed by atoms with Crippen LogP contribution in [0.2, 0.25) is 0 Å². The van der Waals surface area contributed by atoms with Crippen molar-refractivity contribution in [2.75, 3.05) is 0 Å². The van der Waals surface area contributed by atoms with Crippen molar-refractivity contribution in [1.29, 1.82) is 5.41 Å². The maximum atomic E-state index is 7.67. The Bertz CT molecular complexity index is 615. The first-order chi connectivity index (χ1) is 8.95. The number of pyridine rings is 1. The number of nitrogen functional groups attached to an aromatic ring is 1. The lowest BCUT2D eigenvalue weighted by atomic mass is 10.1. The van der Waals surface area contributed by atoms with Crippen LogP contribution in [0.1, 0.15) is 22.4 Å². The molecule has 0 bridgehead atoms. The Labute approximate surface area is 117 Å². The average Bonchev–Trinajstić information content (AvgIpc) is 2.30. The van der Waals surface area contributed by atoms with E-state index in [0.29, 0.717) is 0 Å². The lowest BCUT2D eigenvalue weighted by molar-refractivity contribution is 1.05. The number of benzene rings is 1. The van der Waals surface area contributed by atoms with Crippen molar-refractivity contribution >= 4 is 17.6 Å². The molecule has 3 nitrogen and oxygen atoms in total. The molecule has 19 heavy (non-hydrogen) atoms. The summed E-state index contributed by atoms with van der Waals surface area (Å²) in [5, 5.41) is 8.60. The van der Waals surface area contributed by atoms with Gasteiger partial charge in [0.25, 0.3) is 0 Å². The van der Waals surface area contributed by atoms with Crippen LogP contribution in [0.5, 0.6) is 0 Å². The van der Waals surface area contributed by atoms with Gasteiger partial charge in [-0.05, 0) is 50.6 Å². The van der Waals surface area contributed by atoms with E-state index in [2.05, 4.69) is 11.9 Å². The highest BCUT2D eigenvalue weighted by molar-refractivity contribution is 7.99. The number of rotatable bonds is 3. The molecule has 0 spiro atoms. The van der Waals surface area contributed by atoms with Gasteiger partial charge in [-0.1, -0.05) is 23.4 Å². The molecule has 0 unspecified atom stereocenters. The van der Waals surface area contributed by atoms with Crippen LogP contribution >= 0.6 is 11.8 Å². The van der Waals surface area contributed by atoms with E-state index in [0.717, 1.165) is 26.7 Å². The van der Waals surface area contributed by atoms with Crippen molar-refractivity contribution in [3.05, 3.63) is 52.7 Å². The topological polar surface area (TPSA) is 62.8 Å². The number of nitrogens with one attached hydrogen (secondary N) is 1. The van der Waals surface area contributed by atoms with Crippen molar-refractivity contribution < 1.29 is 0 Å². The Hall–Kier alpha value is -1.81. The Balaban J connectivity index is 2.40. The molecular weight excluding hydrogens is 254 g/mol. The zero-order valence-electron chi connectivity index (χ0n) is 11.3. The van der Waals surface area contributed by atoms with Gasteiger partial charge in [0.05, 0.1) is 0 Å². The Kier molecular flexibility index (Phi) is 3.90. The summed E-state index contributed by atoms with van der Waals surface area (Å²) in [6.45, 7) is 6.04. The van der Waals surface area contributed by atoms with Crippen LogP contribution in [0.3, 0.4) is 0 Å². The largest absolute Gasteiger partial charge is 0.384 e. The van der Waals surface area contributed by atoms with E-state index in [1.54, 1.807) is 11.8 Å². The van der Waals surface area contributed by atoms with Crippen LogP contribution in [0.15, 0.2) is 40.3 Å². The quantitative estimate of drug-likeness (QED) is 0.664. The van der Waals surface area contributed by atoms with Crippen molar-refractivity contribution in [3.63, 3.8) is 0 Å². The van der Waals surface area contributed by atoms with Gasteiger partial charge in [-0.3, -0.25) is 5.41 Å². The third-order valence-electron chi connectivity index (χ3n) is 2.71. The molecule has 4 heteroatoms. The molecule has 0 atom stereocenters. The molecule has 2 rings (SSSR count). The molecule has 0 saturated carbocycles. The van der Waals surface area contributed by atoms with E-state index in [1.165, 1.54) is 5.56 Å². The molecular formula is C15H17N3S. The van der Waals surface area contributed by atoms with Gasteiger partial charge in [0.1, 0.15) is 10.9 Å². The van der Waals surface area contributed by atoms with E-state index in [-0.39, 0.29) is 5.84 Å². The van der Waals surface area contributed by atoms with Gasteiger partial charge in [0, 0.05) is 16.2 Å². The van der Waals surface area contributed by atoms with Crippen molar-refractivity contribution in [3.8, 4) is 0 Å². The van der Waals surface area contributed by atoms with Gasteiger partial charge >= 0.3 is 0 Å². The summed E-state index contributed by atoms with van der Waals surface area (Å²) in [7, 11) is 0. The molecule has 2 aromatic rings. The molecule has 0 saturated heterocycles. The van der Waals surface area contributed by atoms with E-state index >= 15 is 0 Å². The second kappa shape index (κ2) is 5.45. The van der Waals surface area contributed by atoms with Crippen LogP contribution in [0.4, 0.5) is 0 Å². The number of nitrogens with zero attached hydrogens (tertiary/aromatic N) is 1. The van der Waals surface area contributed by atoms with E-state index < -0.39 is 0 Å². The highest BCUT2D eigenvalue weighted by Crippen LogP contribution is 2.30. The van der Waals surface area contributed by atoms with Crippen molar-refractivity contribution in [2.45, 2.75) is 30.7 Å². The summed E-state index contributed by atoms with van der Waals surface area (Å²) in [4.78, 5) is 5.47. The fourth-order valence-corrected chi connectivity index (χ4v) is 2.99. The summed E-state index contributed by atoms with van der Waals surface area (Å²) in [5.74, 6) is 0.0931. The number of hydrogen-bond acceptors (Lipinski definition) is 3. The van der Waals surface area contributed by atoms with E-state index in [1.807, 2.05) is 44.2 Å². The summed E-state index contributed by atoms with van der Waals surface area (Å²) in [5.41, 5.74) is 9.70. The third kappa shape index (κ3) is 3.35. The zero-order chi connectivity index (χ0) is 14.0. The predicted molar refractivity (Wildman–Crippen MR) is 80.0 cm³/mol. The van der Waals surface area contributed by atoms with Gasteiger partial charge in [0.15, 0.2) is 0 Å². The minimum absolute atomic E-state index is 0.0931. The second-order valence-electron chi connectivity index (χ2n) is 4.64. The standard InChI is InChI=1S/C15H17N3S/c1-9-4-5-13(12(7-9)15(16)17)19-14-8-10(2)6-11(3)18-14/h4-8H,1-3H3,(H3,16,17). The monoisotopic (exact) mass is 271 g/mol. The lowest BCUT2D eigenvalue weighted by Gasteiger charge is -2.09. The maximum absolute atomic E-state index is 7.67. The van der Waals surface area contributed by atoms with Crippen molar-refractivity contribution in [2.24, 2.45) is 5.73 Å². The molecule has 1 aromatic heterocycles. The zero-order valence-corrected chi connectivity index (χ0v) is 12.1. The summed E-state index contributed by atoms with van der Waals surface area (Å²) in [6.07, 6.45) is 0. The van der Waals surface area contributed by atoms with Crippen LogP contribution in [0.25, 0.3) is 0 Å². The summed E-state index contributed by atoms with van der Waals surface area (Å²) in [6, 6.07) is 10.0. The normalized spacial score (nSPS) is 10.5. The number of aryl methyl sites for hydroxylation is 3. The van der Waals surface area contributed by atoms with Crippen LogP contribution in [-0.2, 0) is 0 Å². The minimum atomic E-state index is 0.0931. The lowest BCUT2D eigenvalue weighted by Crippen LogP contribution is -2.12. The van der Waals surface area contributed by atoms with Crippen LogP contribution < -0.4 is 5.73 Å². The van der Waals surface area contributed by atoms with Gasteiger partial charge in [0.2, 0.25) is 0 Å². The van der Waals surface area contributed by atoms with E-state index in [4.69, 9.17) is 11.1 Å². The number of aromatic nitrogens is 1. The number of amidine groups is 1. The minimum Gasteiger partial charge on any atom is -0.384 e. The molecule has 0 aliphatic heterocycles. The molecule has 1 aromatic carbocycles. The number of nitrogens with two attached hydrogens (primary N) is 1. The summed E-state index contributed by atoms with van der Waals surface area (Å²) >= 11 is 1.55. The SMILES string of the molecule is Cc1cc(C)nc(Sc2ccc(C)cc2C(=N)N)c1. The Morgan fingerprint density at radius 1 is 1.11 bits per heavy atom. The Morgan fingerprint density at radius 2 is 1.84 bits per heavy atom. The fourth-order valence-electron chi connectivity index (χ4n) is 1.91. The van der Waals surface area contributed by atoms with Crippen LogP contribution in [-0.4, -0.2) is 10.8 Å². The molecule has 0 aliphatic carbocycles. The smallest absolute Gasteiger partial charge is 0.123 e. The molecule has 3 N–H and O–H groups in total. The number of hydrogen-bond donors (Lipinski definition) is 2. The fraction of sp³-hybridized carbons (Fsp3) is 0.200. The molecule has 98 valence electrons. The molecule has 0 radical (unpaired) electrons. The maximum Gasteiger partial charge on any atom is 0.123 e. The van der Waals surface area contributed by atoms with Crippen LogP contribution in [0, 0.1) is 26.2 Å². The van der Waals surface area contributed by atoms with Crippen molar-refractivity contribution in [1.82, 2.24) is 4.98 Å². The molecule has 0 fully saturated rings. The van der Waals surface area contributed by atoms with Gasteiger partial charge < -0.3 is 5.73 Å². The first-order valence-corrected chi connectivity index (χ1v) is 6.85. The first-order valence-electron chi connectivity index (χ1n) is 6.04. The van der Waals surface area contributed by atoms with E-state index in [9.17, 15) is 0 Å². The highest BCUT2D eigenvalue weighted by Gasteiger charge is 2.09. The Morgan fingerprint density at radius 3 is 2.47 bits per heavy atom. The third-order valence-corrected chi connectivity index (χ3v) is 3.71. The first kappa shape index (κ1) is 13.6. The van der Waals surface area contributed by atoms with Gasteiger partial charge in [-0.2, -0.15) is 0 Å². The highest BCUT2D eigenvalue weighted by atomic mass is 32.2. The average molecular weight is 271 g/mol. The molecule has 0 amide bonds. The predicted octanol–water partition coefficient (Wildman–Crippen LogP) is 3.44. The molecule has 0 aliphatic rings. The summed E-state index contributed by atoms with van der Waals surface area (Å²) < 4.78 is 0. The van der Waals surface area contributed by atoms with Gasteiger partial charge in [-0.25, -0.2) is 4.98 Å². The second-order valence-corrected chi connectivity index (χ2v) is 5.70. The molecule has 1 heterocycles. The van der Waals surface area contributed by atoms with Gasteiger partial charge in [-0.15, -0.1) is 0 Å².